The second kappa shape index (κ2) is 9.27. The van der Waals surface area contributed by atoms with Gasteiger partial charge in [0.25, 0.3) is 0 Å². The molecule has 2 aliphatic rings. The van der Waals surface area contributed by atoms with E-state index in [-0.39, 0.29) is 0 Å². The molecular weight excluding hydrogens is 541 g/mol. The summed E-state index contributed by atoms with van der Waals surface area (Å²) in [6.45, 7) is 2.10. The third-order valence-corrected chi connectivity index (χ3v) is 12.8. The molecule has 3 nitrogen and oxygen atoms in total. The number of rotatable bonds is 3. The van der Waals surface area contributed by atoms with Gasteiger partial charge in [-0.1, -0.05) is 96.7 Å². The highest BCUT2D eigenvalue weighted by Gasteiger charge is 2.44. The molecule has 0 unspecified atom stereocenters. The molecule has 196 valence electrons. The van der Waals surface area contributed by atoms with Crippen molar-refractivity contribution in [3.8, 4) is 56.4 Å². The van der Waals surface area contributed by atoms with Crippen LogP contribution in [0.25, 0.3) is 33.4 Å². The van der Waals surface area contributed by atoms with Crippen LogP contribution in [0.15, 0.2) is 128 Å². The molecule has 5 heteroatoms. The van der Waals surface area contributed by atoms with Gasteiger partial charge in [-0.25, -0.2) is 0 Å². The second-order valence-electron chi connectivity index (χ2n) is 10.4. The molecule has 0 radical (unpaired) electrons. The first kappa shape index (κ1) is 24.3. The molecule has 3 heterocycles. The number of aromatic nitrogens is 1. The van der Waals surface area contributed by atoms with Gasteiger partial charge >= 0.3 is 0 Å². The Balaban J connectivity index is 1.46. The van der Waals surface area contributed by atoms with Crippen LogP contribution in [0, 0.1) is 6.92 Å². The lowest BCUT2D eigenvalue weighted by Gasteiger charge is -2.39. The Kier molecular flexibility index (Phi) is 5.50. The van der Waals surface area contributed by atoms with Gasteiger partial charge in [0.05, 0.1) is 11.3 Å². The number of fused-ring (bicyclic) bond motifs is 4. The zero-order chi connectivity index (χ0) is 27.6. The van der Waals surface area contributed by atoms with E-state index >= 15 is 0 Å². The Bertz CT molecular complexity index is 1920. The molecule has 0 bridgehead atoms. The lowest BCUT2D eigenvalue weighted by Crippen LogP contribution is -2.35. The summed E-state index contributed by atoms with van der Waals surface area (Å²) in [5, 5.41) is 3.10. The fourth-order valence-electron chi connectivity index (χ4n) is 6.01. The molecule has 8 rings (SSSR count). The Morgan fingerprint density at radius 3 is 1.63 bits per heavy atom. The average Bonchev–Trinajstić information content (AvgIpc) is 3.01. The van der Waals surface area contributed by atoms with Crippen LogP contribution < -0.4 is 25.4 Å². The summed E-state index contributed by atoms with van der Waals surface area (Å²) in [6.07, 6.45) is 3.72. The quantitative estimate of drug-likeness (QED) is 0.202. The minimum absolute atomic E-state index is 0.760. The van der Waals surface area contributed by atoms with Gasteiger partial charge in [-0.05, 0) is 59.5 Å². The van der Waals surface area contributed by atoms with Crippen LogP contribution in [-0.2, 0) is 11.8 Å². The van der Waals surface area contributed by atoms with Gasteiger partial charge in [-0.15, -0.1) is 0 Å². The molecule has 2 aliphatic heterocycles. The Labute approximate surface area is 244 Å². The molecule has 0 aliphatic carbocycles. The molecule has 0 fully saturated rings. The largest absolute Gasteiger partial charge is 0.455 e. The molecule has 0 atom stereocenters. The van der Waals surface area contributed by atoms with Crippen molar-refractivity contribution < 1.29 is 9.47 Å². The van der Waals surface area contributed by atoms with E-state index in [4.69, 9.17) is 21.3 Å². The lowest BCUT2D eigenvalue weighted by atomic mass is 10.0. The first-order valence-corrected chi connectivity index (χ1v) is 16.4. The zero-order valence-electron chi connectivity index (χ0n) is 22.2. The standard InChI is InChI=1S/C36H24NO2PS/c1-23-18-19-37-22-29(23)26-20-30-36-31(21-26)39-35-28(25-12-6-3-7-13-25)15-9-17-33(35)40(36,41)32-16-8-14-27(34(32)38-30)24-10-4-2-5-11-24/h2-22H,1H3. The Morgan fingerprint density at radius 1 is 0.585 bits per heavy atom. The molecule has 0 N–H and O–H groups in total. The van der Waals surface area contributed by atoms with E-state index in [1.807, 2.05) is 30.6 Å². The molecule has 0 amide bonds. The lowest BCUT2D eigenvalue weighted by molar-refractivity contribution is 0.468. The average molecular weight is 566 g/mol. The van der Waals surface area contributed by atoms with Crippen LogP contribution in [0.3, 0.4) is 0 Å². The minimum Gasteiger partial charge on any atom is -0.455 e. The van der Waals surface area contributed by atoms with E-state index in [9.17, 15) is 0 Å². The van der Waals surface area contributed by atoms with Crippen LogP contribution in [0.2, 0.25) is 0 Å². The van der Waals surface area contributed by atoms with Gasteiger partial charge in [0, 0.05) is 39.7 Å². The van der Waals surface area contributed by atoms with Crippen molar-refractivity contribution in [3.05, 3.63) is 133 Å². The molecule has 1 aromatic heterocycles. The van der Waals surface area contributed by atoms with E-state index < -0.39 is 6.04 Å². The number of hydrogen-bond donors (Lipinski definition) is 0. The Hall–Kier alpha value is -4.50. The van der Waals surface area contributed by atoms with Gasteiger partial charge in [-0.3, -0.25) is 4.98 Å². The summed E-state index contributed by atoms with van der Waals surface area (Å²) < 4.78 is 13.7. The first-order valence-electron chi connectivity index (χ1n) is 13.6. The number of benzene rings is 5. The normalized spacial score (nSPS) is 13.7. The maximum atomic E-state index is 6.90. The Morgan fingerprint density at radius 2 is 1.12 bits per heavy atom. The van der Waals surface area contributed by atoms with Crippen molar-refractivity contribution >= 4 is 33.8 Å². The fraction of sp³-hybridized carbons (Fsp3) is 0.0278. The number of para-hydroxylation sites is 2. The van der Waals surface area contributed by atoms with Crippen LogP contribution >= 0.6 is 6.04 Å². The summed E-state index contributed by atoms with van der Waals surface area (Å²) in [5.74, 6) is 3.18. The maximum absolute atomic E-state index is 6.90. The SMILES string of the molecule is Cc1ccncc1-c1cc2c3c(c1)Oc1c(-c4ccccc4)cccc1P3(=S)c1cccc(-c3ccccc3)c1O2. The zero-order valence-corrected chi connectivity index (χ0v) is 24.0. The number of hydrogen-bond acceptors (Lipinski definition) is 4. The fourth-order valence-corrected chi connectivity index (χ4v) is 10.5. The van der Waals surface area contributed by atoms with E-state index in [0.29, 0.717) is 0 Å². The van der Waals surface area contributed by atoms with Crippen LogP contribution in [0.4, 0.5) is 0 Å². The van der Waals surface area contributed by atoms with Crippen molar-refractivity contribution in [2.24, 2.45) is 0 Å². The summed E-state index contributed by atoms with van der Waals surface area (Å²) >= 11 is 6.90. The van der Waals surface area contributed by atoms with Crippen LogP contribution in [-0.4, -0.2) is 4.98 Å². The third kappa shape index (κ3) is 3.65. The molecule has 0 saturated carbocycles. The molecule has 5 aromatic carbocycles. The van der Waals surface area contributed by atoms with Gasteiger partial charge in [0.1, 0.15) is 23.0 Å². The van der Waals surface area contributed by atoms with Crippen molar-refractivity contribution in [3.63, 3.8) is 0 Å². The predicted molar refractivity (Wildman–Crippen MR) is 172 cm³/mol. The van der Waals surface area contributed by atoms with E-state index in [1.165, 1.54) is 0 Å². The van der Waals surface area contributed by atoms with Gasteiger partial charge < -0.3 is 9.47 Å². The summed E-state index contributed by atoms with van der Waals surface area (Å²) in [6, 6.07) is 37.2. The van der Waals surface area contributed by atoms with Crippen LogP contribution in [0.1, 0.15) is 5.56 Å². The number of pyridine rings is 1. The monoisotopic (exact) mass is 565 g/mol. The second-order valence-corrected chi connectivity index (χ2v) is 14.6. The number of aryl methyl sites for hydroxylation is 1. The van der Waals surface area contributed by atoms with Crippen molar-refractivity contribution in [2.75, 3.05) is 0 Å². The summed E-state index contributed by atoms with van der Waals surface area (Å²) in [5.41, 5.74) is 7.43. The van der Waals surface area contributed by atoms with E-state index in [0.717, 1.165) is 77.9 Å². The molecular formula is C36H24NO2PS. The molecule has 0 spiro atoms. The number of ether oxygens (including phenoxy) is 2. The molecule has 41 heavy (non-hydrogen) atoms. The van der Waals surface area contributed by atoms with Crippen molar-refractivity contribution in [1.29, 1.82) is 0 Å². The summed E-state index contributed by atoms with van der Waals surface area (Å²) in [7, 11) is 0. The minimum atomic E-state index is -2.57. The molecule has 6 aromatic rings. The summed E-state index contributed by atoms with van der Waals surface area (Å²) in [4.78, 5) is 4.42. The third-order valence-electron chi connectivity index (χ3n) is 7.97. The van der Waals surface area contributed by atoms with Gasteiger partial charge in [-0.2, -0.15) is 0 Å². The smallest absolute Gasteiger partial charge is 0.144 e. The maximum Gasteiger partial charge on any atom is 0.144 e. The predicted octanol–water partition coefficient (Wildman–Crippen LogP) is 8.36. The highest BCUT2D eigenvalue weighted by molar-refractivity contribution is 8.26. The highest BCUT2D eigenvalue weighted by Crippen LogP contribution is 2.61. The van der Waals surface area contributed by atoms with E-state index in [2.05, 4.69) is 109 Å². The first-order chi connectivity index (χ1) is 20.1. The van der Waals surface area contributed by atoms with Crippen LogP contribution in [0.5, 0.6) is 23.0 Å². The van der Waals surface area contributed by atoms with Gasteiger partial charge in [0.15, 0.2) is 0 Å². The molecule has 0 saturated heterocycles. The van der Waals surface area contributed by atoms with Crippen molar-refractivity contribution in [2.45, 2.75) is 6.92 Å². The van der Waals surface area contributed by atoms with E-state index in [1.54, 1.807) is 0 Å². The number of nitrogens with zero attached hydrogens (tertiary/aromatic N) is 1. The topological polar surface area (TPSA) is 31.4 Å². The van der Waals surface area contributed by atoms with Gasteiger partial charge in [0.2, 0.25) is 0 Å². The highest BCUT2D eigenvalue weighted by atomic mass is 32.4. The van der Waals surface area contributed by atoms with Crippen molar-refractivity contribution in [1.82, 2.24) is 4.98 Å².